The Hall–Kier alpha value is -2.80. The average molecular weight is 366 g/mol. The first-order chi connectivity index (χ1) is 12.6. The molecule has 0 amide bonds. The van der Waals surface area contributed by atoms with Gasteiger partial charge < -0.3 is 11.5 Å². The van der Waals surface area contributed by atoms with E-state index >= 15 is 0 Å². The number of unbranched alkanes of at least 4 members (excludes halogenated alkanes) is 1. The van der Waals surface area contributed by atoms with E-state index in [0.717, 1.165) is 33.3 Å². The van der Waals surface area contributed by atoms with Crippen molar-refractivity contribution in [2.45, 2.75) is 33.1 Å². The summed E-state index contributed by atoms with van der Waals surface area (Å²) in [5.41, 5.74) is 15.0. The summed E-state index contributed by atoms with van der Waals surface area (Å²) in [5, 5.41) is 0.974. The molecule has 0 radical (unpaired) electrons. The number of benzene rings is 1. The minimum atomic E-state index is -0.0629. The third-order valence-corrected chi connectivity index (χ3v) is 5.15. The Bertz CT molecular complexity index is 910. The third-order valence-electron chi connectivity index (χ3n) is 3.92. The molecule has 2 heterocycles. The third kappa shape index (κ3) is 4.23. The van der Waals surface area contributed by atoms with Crippen LogP contribution in [0.3, 0.4) is 0 Å². The molecule has 1 aromatic carbocycles. The zero-order valence-corrected chi connectivity index (χ0v) is 15.8. The summed E-state index contributed by atoms with van der Waals surface area (Å²) in [6.07, 6.45) is 5.18. The highest BCUT2D eigenvalue weighted by Gasteiger charge is 2.13. The van der Waals surface area contributed by atoms with E-state index in [9.17, 15) is 0 Å². The second-order valence-electron chi connectivity index (χ2n) is 6.01. The van der Waals surface area contributed by atoms with Gasteiger partial charge in [0.15, 0.2) is 5.96 Å². The molecule has 2 aromatic heterocycles. The number of nitrogens with zero attached hydrogens (tertiary/aromatic N) is 4. The number of aryl methyl sites for hydroxylation is 2. The van der Waals surface area contributed by atoms with Gasteiger partial charge in [-0.1, -0.05) is 37.6 Å². The Labute approximate surface area is 157 Å². The van der Waals surface area contributed by atoms with E-state index in [4.69, 9.17) is 16.5 Å². The van der Waals surface area contributed by atoms with Crippen LogP contribution in [-0.2, 0) is 6.42 Å². The number of hydrogen-bond acceptors (Lipinski definition) is 5. The van der Waals surface area contributed by atoms with Crippen LogP contribution < -0.4 is 11.5 Å². The monoisotopic (exact) mass is 366 g/mol. The SMILES string of the molecule is CCCCc1ccc(-c2nc(C)c(-c3ccnc(N=C(N)N)n3)s2)cc1. The summed E-state index contributed by atoms with van der Waals surface area (Å²) in [5.74, 6) is 0.184. The molecule has 7 heteroatoms. The van der Waals surface area contributed by atoms with E-state index < -0.39 is 0 Å². The first kappa shape index (κ1) is 18.0. The number of rotatable bonds is 6. The van der Waals surface area contributed by atoms with Crippen molar-refractivity contribution < 1.29 is 0 Å². The molecule has 0 aliphatic heterocycles. The second-order valence-corrected chi connectivity index (χ2v) is 7.01. The number of nitrogens with two attached hydrogens (primary N) is 2. The van der Waals surface area contributed by atoms with Crippen molar-refractivity contribution in [3.05, 3.63) is 47.8 Å². The predicted octanol–water partition coefficient (Wildman–Crippen LogP) is 3.82. The maximum absolute atomic E-state index is 5.40. The van der Waals surface area contributed by atoms with E-state index in [-0.39, 0.29) is 11.9 Å². The fourth-order valence-electron chi connectivity index (χ4n) is 2.60. The molecule has 0 atom stereocenters. The van der Waals surface area contributed by atoms with Crippen LogP contribution >= 0.6 is 11.3 Å². The molecule has 3 rings (SSSR count). The van der Waals surface area contributed by atoms with Crippen molar-refractivity contribution in [3.8, 4) is 21.1 Å². The van der Waals surface area contributed by atoms with Crippen molar-refractivity contribution in [2.75, 3.05) is 0 Å². The van der Waals surface area contributed by atoms with Gasteiger partial charge in [0.1, 0.15) is 5.01 Å². The smallest absolute Gasteiger partial charge is 0.253 e. The topological polar surface area (TPSA) is 103 Å². The van der Waals surface area contributed by atoms with Crippen LogP contribution in [0, 0.1) is 6.92 Å². The van der Waals surface area contributed by atoms with Crippen LogP contribution in [-0.4, -0.2) is 20.9 Å². The highest BCUT2D eigenvalue weighted by atomic mass is 32.1. The maximum atomic E-state index is 5.40. The molecule has 0 saturated heterocycles. The Kier molecular flexibility index (Phi) is 5.58. The summed E-state index contributed by atoms with van der Waals surface area (Å²) in [6, 6.07) is 10.5. The minimum Gasteiger partial charge on any atom is -0.370 e. The Morgan fingerprint density at radius 1 is 1.12 bits per heavy atom. The van der Waals surface area contributed by atoms with Crippen molar-refractivity contribution >= 4 is 23.2 Å². The zero-order valence-electron chi connectivity index (χ0n) is 14.9. The average Bonchev–Trinajstić information content (AvgIpc) is 3.02. The standard InChI is InChI=1S/C19H22N6S/c1-3-4-5-13-6-8-14(9-7-13)17-23-12(2)16(26-17)15-10-11-22-19(24-15)25-18(20)21/h6-11H,3-5H2,1-2H3,(H4,20,21,22,24,25). The van der Waals surface area contributed by atoms with Crippen molar-refractivity contribution in [1.82, 2.24) is 15.0 Å². The van der Waals surface area contributed by atoms with Crippen molar-refractivity contribution in [2.24, 2.45) is 16.5 Å². The van der Waals surface area contributed by atoms with Gasteiger partial charge in [-0.2, -0.15) is 4.99 Å². The number of thiazole rings is 1. The summed E-state index contributed by atoms with van der Waals surface area (Å²) in [4.78, 5) is 18.1. The van der Waals surface area contributed by atoms with E-state index in [1.165, 1.54) is 18.4 Å². The van der Waals surface area contributed by atoms with Crippen LogP contribution in [0.4, 0.5) is 5.95 Å². The minimum absolute atomic E-state index is 0.0629. The highest BCUT2D eigenvalue weighted by Crippen LogP contribution is 2.34. The molecular formula is C19H22N6S. The second kappa shape index (κ2) is 8.05. The predicted molar refractivity (Wildman–Crippen MR) is 107 cm³/mol. The lowest BCUT2D eigenvalue weighted by Gasteiger charge is -2.01. The lowest BCUT2D eigenvalue weighted by Crippen LogP contribution is -2.22. The van der Waals surface area contributed by atoms with Gasteiger partial charge in [0.2, 0.25) is 0 Å². The molecular weight excluding hydrogens is 344 g/mol. The molecule has 6 nitrogen and oxygen atoms in total. The lowest BCUT2D eigenvalue weighted by molar-refractivity contribution is 0.795. The van der Waals surface area contributed by atoms with Crippen molar-refractivity contribution in [3.63, 3.8) is 0 Å². The van der Waals surface area contributed by atoms with Gasteiger partial charge in [0, 0.05) is 11.8 Å². The van der Waals surface area contributed by atoms with Gasteiger partial charge in [-0.15, -0.1) is 11.3 Å². The quantitative estimate of drug-likeness (QED) is 0.510. The van der Waals surface area contributed by atoms with E-state index in [2.05, 4.69) is 46.1 Å². The Morgan fingerprint density at radius 3 is 2.58 bits per heavy atom. The summed E-state index contributed by atoms with van der Waals surface area (Å²) >= 11 is 1.60. The van der Waals surface area contributed by atoms with Gasteiger partial charge in [0.05, 0.1) is 16.3 Å². The normalized spacial score (nSPS) is 10.7. The van der Waals surface area contributed by atoms with E-state index in [0.29, 0.717) is 0 Å². The van der Waals surface area contributed by atoms with Gasteiger partial charge in [-0.25, -0.2) is 15.0 Å². The van der Waals surface area contributed by atoms with Gasteiger partial charge in [-0.3, -0.25) is 0 Å². The van der Waals surface area contributed by atoms with Gasteiger partial charge in [-0.05, 0) is 31.4 Å². The molecule has 134 valence electrons. The summed E-state index contributed by atoms with van der Waals surface area (Å²) in [7, 11) is 0. The van der Waals surface area contributed by atoms with Crippen LogP contribution in [0.5, 0.6) is 0 Å². The van der Waals surface area contributed by atoms with Crippen molar-refractivity contribution in [1.29, 1.82) is 0 Å². The zero-order chi connectivity index (χ0) is 18.5. The molecule has 3 aromatic rings. The van der Waals surface area contributed by atoms with E-state index in [1.54, 1.807) is 17.5 Å². The first-order valence-corrected chi connectivity index (χ1v) is 9.38. The van der Waals surface area contributed by atoms with Crippen LogP contribution in [0.1, 0.15) is 31.0 Å². The molecule has 0 spiro atoms. The van der Waals surface area contributed by atoms with Gasteiger partial charge in [0.25, 0.3) is 5.95 Å². The number of aromatic nitrogens is 3. The fourth-order valence-corrected chi connectivity index (χ4v) is 3.64. The molecule has 0 saturated carbocycles. The Morgan fingerprint density at radius 2 is 1.88 bits per heavy atom. The molecule has 0 bridgehead atoms. The Balaban J connectivity index is 1.89. The molecule has 26 heavy (non-hydrogen) atoms. The van der Waals surface area contributed by atoms with E-state index in [1.807, 2.05) is 13.0 Å². The summed E-state index contributed by atoms with van der Waals surface area (Å²) < 4.78 is 0. The lowest BCUT2D eigenvalue weighted by atomic mass is 10.1. The molecule has 4 N–H and O–H groups in total. The summed E-state index contributed by atoms with van der Waals surface area (Å²) in [6.45, 7) is 4.19. The van der Waals surface area contributed by atoms with Crippen LogP contribution in [0.2, 0.25) is 0 Å². The number of hydrogen-bond donors (Lipinski definition) is 2. The molecule has 0 aliphatic rings. The van der Waals surface area contributed by atoms with Crippen LogP contribution in [0.25, 0.3) is 21.1 Å². The number of guanidine groups is 1. The molecule has 0 fully saturated rings. The highest BCUT2D eigenvalue weighted by molar-refractivity contribution is 7.18. The van der Waals surface area contributed by atoms with Crippen LogP contribution in [0.15, 0.2) is 41.5 Å². The molecule has 0 aliphatic carbocycles. The maximum Gasteiger partial charge on any atom is 0.253 e. The van der Waals surface area contributed by atoms with Gasteiger partial charge >= 0.3 is 0 Å². The fraction of sp³-hybridized carbons (Fsp3) is 0.263. The first-order valence-electron chi connectivity index (χ1n) is 8.56. The number of aliphatic imine (C=N–C) groups is 1. The molecule has 0 unspecified atom stereocenters. The largest absolute Gasteiger partial charge is 0.370 e.